The lowest BCUT2D eigenvalue weighted by molar-refractivity contribution is -0.0567. The molecule has 0 bridgehead atoms. The predicted octanol–water partition coefficient (Wildman–Crippen LogP) is 4.37. The van der Waals surface area contributed by atoms with Gasteiger partial charge in [0, 0.05) is 0 Å². The van der Waals surface area contributed by atoms with Crippen LogP contribution in [0, 0.1) is 0 Å². The summed E-state index contributed by atoms with van der Waals surface area (Å²) in [6, 6.07) is 21.1. The highest BCUT2D eigenvalue weighted by Gasteiger charge is 2.09. The third kappa shape index (κ3) is 6.42. The molecular formula is C20H26O2. The van der Waals surface area contributed by atoms with Gasteiger partial charge in [-0.1, -0.05) is 60.7 Å². The van der Waals surface area contributed by atoms with E-state index in [9.17, 15) is 0 Å². The number of aryl methyl sites for hydroxylation is 2. The molecule has 0 aliphatic rings. The second-order valence-corrected chi connectivity index (χ2v) is 5.67. The van der Waals surface area contributed by atoms with E-state index in [1.54, 1.807) is 0 Å². The third-order valence-electron chi connectivity index (χ3n) is 3.98. The fraction of sp³-hybridized carbons (Fsp3) is 0.400. The van der Waals surface area contributed by atoms with Gasteiger partial charge in [0.05, 0.1) is 6.10 Å². The topological polar surface area (TPSA) is 29.5 Å². The Balaban J connectivity index is 1.68. The van der Waals surface area contributed by atoms with Gasteiger partial charge in [0.2, 0.25) is 0 Å². The van der Waals surface area contributed by atoms with Crippen molar-refractivity contribution in [3.05, 3.63) is 71.8 Å². The molecule has 1 N–H and O–H groups in total. The zero-order chi connectivity index (χ0) is 15.5. The molecule has 0 heterocycles. The second-order valence-electron chi connectivity index (χ2n) is 5.67. The van der Waals surface area contributed by atoms with Crippen molar-refractivity contribution in [3.8, 4) is 0 Å². The largest absolute Gasteiger partial charge is 0.371 e. The molecular weight excluding hydrogens is 272 g/mol. The fourth-order valence-electron chi connectivity index (χ4n) is 2.77. The number of aliphatic hydroxyl groups excluding tert-OH is 1. The SMILES string of the molecule is OCOC(CCCc1ccccc1)CCCc1ccccc1. The summed E-state index contributed by atoms with van der Waals surface area (Å²) >= 11 is 0. The third-order valence-corrected chi connectivity index (χ3v) is 3.98. The quantitative estimate of drug-likeness (QED) is 0.660. The molecule has 0 fully saturated rings. The number of hydrogen-bond acceptors (Lipinski definition) is 2. The highest BCUT2D eigenvalue weighted by Crippen LogP contribution is 2.14. The molecule has 2 aromatic carbocycles. The second kappa shape index (κ2) is 10.1. The monoisotopic (exact) mass is 298 g/mol. The van der Waals surface area contributed by atoms with E-state index in [0.29, 0.717) is 0 Å². The van der Waals surface area contributed by atoms with Crippen LogP contribution < -0.4 is 0 Å². The Labute approximate surface area is 133 Å². The van der Waals surface area contributed by atoms with Crippen LogP contribution in [0.2, 0.25) is 0 Å². The molecule has 0 amide bonds. The number of ether oxygens (including phenoxy) is 1. The summed E-state index contributed by atoms with van der Waals surface area (Å²) in [5, 5.41) is 9.05. The molecule has 0 unspecified atom stereocenters. The summed E-state index contributed by atoms with van der Waals surface area (Å²) < 4.78 is 5.47. The maximum Gasteiger partial charge on any atom is 0.143 e. The van der Waals surface area contributed by atoms with Crippen molar-refractivity contribution in [3.63, 3.8) is 0 Å². The minimum Gasteiger partial charge on any atom is -0.371 e. The minimum absolute atomic E-state index is 0.164. The van der Waals surface area contributed by atoms with Gasteiger partial charge in [-0.2, -0.15) is 0 Å². The first kappa shape index (κ1) is 16.7. The van der Waals surface area contributed by atoms with E-state index >= 15 is 0 Å². The molecule has 0 saturated heterocycles. The average Bonchev–Trinajstić information content (AvgIpc) is 2.57. The standard InChI is InChI=1S/C20H26O2/c21-17-22-20(15-7-13-18-9-3-1-4-10-18)16-8-14-19-11-5-2-6-12-19/h1-6,9-12,20-21H,7-8,13-17H2. The van der Waals surface area contributed by atoms with E-state index in [1.807, 2.05) is 12.1 Å². The summed E-state index contributed by atoms with van der Waals surface area (Å²) in [5.41, 5.74) is 2.74. The summed E-state index contributed by atoms with van der Waals surface area (Å²) in [7, 11) is 0. The summed E-state index contributed by atoms with van der Waals surface area (Å²) in [6.45, 7) is -0.179. The summed E-state index contributed by atoms with van der Waals surface area (Å²) in [6.07, 6.45) is 6.52. The maximum atomic E-state index is 9.05. The number of rotatable bonds is 10. The van der Waals surface area contributed by atoms with E-state index in [1.165, 1.54) is 11.1 Å². The molecule has 2 nitrogen and oxygen atoms in total. The molecule has 2 rings (SSSR count). The first-order valence-electron chi connectivity index (χ1n) is 8.19. The van der Waals surface area contributed by atoms with E-state index < -0.39 is 0 Å². The van der Waals surface area contributed by atoms with E-state index in [2.05, 4.69) is 48.5 Å². The van der Waals surface area contributed by atoms with E-state index in [-0.39, 0.29) is 12.9 Å². The van der Waals surface area contributed by atoms with Crippen molar-refractivity contribution in [2.45, 2.75) is 44.6 Å². The van der Waals surface area contributed by atoms with Crippen molar-refractivity contribution in [1.29, 1.82) is 0 Å². The number of aliphatic hydroxyl groups is 1. The predicted molar refractivity (Wildman–Crippen MR) is 90.7 cm³/mol. The Bertz CT molecular complexity index is 450. The molecule has 0 radical (unpaired) electrons. The van der Waals surface area contributed by atoms with E-state index in [0.717, 1.165) is 38.5 Å². The van der Waals surface area contributed by atoms with Gasteiger partial charge in [-0.25, -0.2) is 0 Å². The normalized spacial score (nSPS) is 11.0. The maximum absolute atomic E-state index is 9.05. The van der Waals surface area contributed by atoms with Gasteiger partial charge >= 0.3 is 0 Å². The Hall–Kier alpha value is -1.64. The van der Waals surface area contributed by atoms with Gasteiger partial charge in [0.25, 0.3) is 0 Å². The van der Waals surface area contributed by atoms with Gasteiger partial charge in [-0.3, -0.25) is 0 Å². The van der Waals surface area contributed by atoms with Crippen LogP contribution in [0.4, 0.5) is 0 Å². The molecule has 118 valence electrons. The van der Waals surface area contributed by atoms with Gasteiger partial charge in [0.1, 0.15) is 6.79 Å². The molecule has 0 atom stereocenters. The molecule has 0 aromatic heterocycles. The molecule has 0 saturated carbocycles. The molecule has 2 aromatic rings. The molecule has 0 aliphatic heterocycles. The van der Waals surface area contributed by atoms with Crippen LogP contribution in [-0.2, 0) is 17.6 Å². The van der Waals surface area contributed by atoms with Crippen LogP contribution in [0.15, 0.2) is 60.7 Å². The molecule has 0 aliphatic carbocycles. The van der Waals surface area contributed by atoms with Crippen LogP contribution in [-0.4, -0.2) is 18.0 Å². The van der Waals surface area contributed by atoms with Gasteiger partial charge in [0.15, 0.2) is 0 Å². The molecule has 22 heavy (non-hydrogen) atoms. The van der Waals surface area contributed by atoms with Crippen molar-refractivity contribution in [2.24, 2.45) is 0 Å². The van der Waals surface area contributed by atoms with Crippen LogP contribution in [0.3, 0.4) is 0 Å². The summed E-state index contributed by atoms with van der Waals surface area (Å²) in [4.78, 5) is 0. The minimum atomic E-state index is -0.179. The number of hydrogen-bond donors (Lipinski definition) is 1. The highest BCUT2D eigenvalue weighted by molar-refractivity contribution is 5.15. The molecule has 0 spiro atoms. The van der Waals surface area contributed by atoms with Gasteiger partial charge < -0.3 is 9.84 Å². The van der Waals surface area contributed by atoms with Crippen molar-refractivity contribution in [2.75, 3.05) is 6.79 Å². The smallest absolute Gasteiger partial charge is 0.143 e. The van der Waals surface area contributed by atoms with Crippen molar-refractivity contribution < 1.29 is 9.84 Å². The van der Waals surface area contributed by atoms with Crippen LogP contribution in [0.1, 0.15) is 36.8 Å². The fourth-order valence-corrected chi connectivity index (χ4v) is 2.77. The van der Waals surface area contributed by atoms with Crippen LogP contribution in [0.25, 0.3) is 0 Å². The number of benzene rings is 2. The Morgan fingerprint density at radius 3 is 1.59 bits per heavy atom. The highest BCUT2D eigenvalue weighted by atomic mass is 16.6. The lowest BCUT2D eigenvalue weighted by atomic mass is 10.0. The lowest BCUT2D eigenvalue weighted by Gasteiger charge is -2.16. The van der Waals surface area contributed by atoms with Crippen molar-refractivity contribution >= 4 is 0 Å². The zero-order valence-corrected chi connectivity index (χ0v) is 13.2. The first-order chi connectivity index (χ1) is 10.9. The van der Waals surface area contributed by atoms with Gasteiger partial charge in [-0.05, 0) is 49.7 Å². The van der Waals surface area contributed by atoms with Crippen LogP contribution in [0.5, 0.6) is 0 Å². The molecule has 2 heteroatoms. The van der Waals surface area contributed by atoms with E-state index in [4.69, 9.17) is 9.84 Å². The first-order valence-corrected chi connectivity index (χ1v) is 8.19. The Morgan fingerprint density at radius 2 is 1.18 bits per heavy atom. The lowest BCUT2D eigenvalue weighted by Crippen LogP contribution is -2.14. The average molecular weight is 298 g/mol. The van der Waals surface area contributed by atoms with Crippen LogP contribution >= 0.6 is 0 Å². The zero-order valence-electron chi connectivity index (χ0n) is 13.2. The van der Waals surface area contributed by atoms with Gasteiger partial charge in [-0.15, -0.1) is 0 Å². The Kier molecular flexibility index (Phi) is 7.71. The summed E-state index contributed by atoms with van der Waals surface area (Å²) in [5.74, 6) is 0. The Morgan fingerprint density at radius 1 is 0.727 bits per heavy atom. The van der Waals surface area contributed by atoms with Crippen molar-refractivity contribution in [1.82, 2.24) is 0 Å².